The van der Waals surface area contributed by atoms with E-state index in [4.69, 9.17) is 5.73 Å². The first-order valence-electron chi connectivity index (χ1n) is 5.03. The van der Waals surface area contributed by atoms with Gasteiger partial charge in [0.15, 0.2) is 0 Å². The molecule has 5 heteroatoms. The predicted molar refractivity (Wildman–Crippen MR) is 66.3 cm³/mol. The summed E-state index contributed by atoms with van der Waals surface area (Å²) in [4.78, 5) is 10.6. The van der Waals surface area contributed by atoms with Crippen LogP contribution in [0, 0.1) is 0 Å². The molecule has 84 valence electrons. The Bertz CT molecular complexity index is 424. The van der Waals surface area contributed by atoms with Crippen LogP contribution in [0.2, 0.25) is 0 Å². The number of aromatic nitrogens is 2. The third-order valence-corrected chi connectivity index (χ3v) is 3.02. The van der Waals surface area contributed by atoms with Gasteiger partial charge < -0.3 is 10.6 Å². The fraction of sp³-hybridized carbons (Fsp3) is 0.273. The smallest absolute Gasteiger partial charge is 0.147 e. The fourth-order valence-corrected chi connectivity index (χ4v) is 2.05. The first-order chi connectivity index (χ1) is 7.79. The average Bonchev–Trinajstić information content (AvgIpc) is 2.82. The summed E-state index contributed by atoms with van der Waals surface area (Å²) < 4.78 is 0. The summed E-state index contributed by atoms with van der Waals surface area (Å²) in [5.74, 6) is 0.864. The second-order valence-electron chi connectivity index (χ2n) is 3.56. The number of hydrogen-bond donors (Lipinski definition) is 1. The van der Waals surface area contributed by atoms with Gasteiger partial charge >= 0.3 is 0 Å². The Morgan fingerprint density at radius 2 is 2.25 bits per heavy atom. The van der Waals surface area contributed by atoms with Crippen LogP contribution in [-0.2, 0) is 13.1 Å². The molecule has 0 unspecified atom stereocenters. The molecule has 16 heavy (non-hydrogen) atoms. The second kappa shape index (κ2) is 5.05. The Hall–Kier alpha value is -1.46. The van der Waals surface area contributed by atoms with Crippen molar-refractivity contribution in [3.05, 3.63) is 40.5 Å². The quantitative estimate of drug-likeness (QED) is 0.873. The van der Waals surface area contributed by atoms with Crippen LogP contribution in [0.1, 0.15) is 11.3 Å². The molecule has 0 saturated carbocycles. The molecule has 2 N–H and O–H groups in total. The number of hydrogen-bond acceptors (Lipinski definition) is 5. The van der Waals surface area contributed by atoms with Gasteiger partial charge in [-0.15, -0.1) is 0 Å². The number of thiophene rings is 1. The van der Waals surface area contributed by atoms with Gasteiger partial charge in [-0.3, -0.25) is 4.98 Å². The minimum Gasteiger partial charge on any atom is -0.354 e. The SMILES string of the molecule is CN(Cc1ccsc1)c1cnc(CN)cn1. The highest BCUT2D eigenvalue weighted by molar-refractivity contribution is 7.07. The van der Waals surface area contributed by atoms with E-state index in [1.807, 2.05) is 7.05 Å². The lowest BCUT2D eigenvalue weighted by atomic mass is 10.3. The van der Waals surface area contributed by atoms with E-state index in [1.54, 1.807) is 23.7 Å². The van der Waals surface area contributed by atoms with Crippen molar-refractivity contribution in [2.24, 2.45) is 5.73 Å². The maximum atomic E-state index is 5.47. The first kappa shape index (κ1) is 11.0. The highest BCUT2D eigenvalue weighted by Crippen LogP contribution is 2.13. The van der Waals surface area contributed by atoms with Crippen LogP contribution in [0.3, 0.4) is 0 Å². The monoisotopic (exact) mass is 234 g/mol. The van der Waals surface area contributed by atoms with Gasteiger partial charge in [0.1, 0.15) is 5.82 Å². The molecular formula is C11H14N4S. The Labute approximate surface area is 98.8 Å². The highest BCUT2D eigenvalue weighted by Gasteiger charge is 2.04. The molecule has 0 bridgehead atoms. The average molecular weight is 234 g/mol. The van der Waals surface area contributed by atoms with Gasteiger partial charge in [-0.25, -0.2) is 4.98 Å². The molecule has 0 radical (unpaired) electrons. The zero-order valence-electron chi connectivity index (χ0n) is 9.13. The molecule has 2 aromatic heterocycles. The Morgan fingerprint density at radius 3 is 2.81 bits per heavy atom. The summed E-state index contributed by atoms with van der Waals surface area (Å²) in [5, 5.41) is 4.21. The summed E-state index contributed by atoms with van der Waals surface area (Å²) in [5.41, 5.74) is 7.57. The molecule has 0 aliphatic heterocycles. The third-order valence-electron chi connectivity index (χ3n) is 2.29. The van der Waals surface area contributed by atoms with Crippen molar-refractivity contribution in [2.45, 2.75) is 13.1 Å². The van der Waals surface area contributed by atoms with Gasteiger partial charge in [0.2, 0.25) is 0 Å². The molecule has 0 spiro atoms. The number of anilines is 1. The van der Waals surface area contributed by atoms with Crippen molar-refractivity contribution in [1.29, 1.82) is 0 Å². The number of nitrogens with zero attached hydrogens (tertiary/aromatic N) is 3. The first-order valence-corrected chi connectivity index (χ1v) is 5.97. The molecule has 2 rings (SSSR count). The van der Waals surface area contributed by atoms with Crippen molar-refractivity contribution in [3.63, 3.8) is 0 Å². The molecule has 0 aliphatic carbocycles. The lowest BCUT2D eigenvalue weighted by Gasteiger charge is -2.16. The van der Waals surface area contributed by atoms with Crippen LogP contribution < -0.4 is 10.6 Å². The van der Waals surface area contributed by atoms with Crippen molar-refractivity contribution >= 4 is 17.2 Å². The topological polar surface area (TPSA) is 55.0 Å². The van der Waals surface area contributed by atoms with Gasteiger partial charge in [-0.2, -0.15) is 11.3 Å². The zero-order valence-corrected chi connectivity index (χ0v) is 9.94. The number of nitrogens with two attached hydrogens (primary N) is 1. The van der Waals surface area contributed by atoms with Gasteiger partial charge in [-0.1, -0.05) is 0 Å². The number of rotatable bonds is 4. The molecule has 2 heterocycles. The van der Waals surface area contributed by atoms with Gasteiger partial charge in [0.25, 0.3) is 0 Å². The largest absolute Gasteiger partial charge is 0.354 e. The van der Waals surface area contributed by atoms with E-state index in [0.29, 0.717) is 6.54 Å². The van der Waals surface area contributed by atoms with Crippen LogP contribution in [0.25, 0.3) is 0 Å². The molecule has 4 nitrogen and oxygen atoms in total. The standard InChI is InChI=1S/C11H14N4S/c1-15(7-9-2-3-16-8-9)11-6-13-10(4-12)5-14-11/h2-3,5-6,8H,4,7,12H2,1H3. The molecular weight excluding hydrogens is 220 g/mol. The van der Waals surface area contributed by atoms with Gasteiger partial charge in [-0.05, 0) is 22.4 Å². The predicted octanol–water partition coefficient (Wildman–Crippen LogP) is 1.63. The molecule has 0 aromatic carbocycles. The molecule has 0 atom stereocenters. The van der Waals surface area contributed by atoms with Crippen LogP contribution in [0.15, 0.2) is 29.2 Å². The molecule has 2 aromatic rings. The van der Waals surface area contributed by atoms with E-state index in [9.17, 15) is 0 Å². The van der Waals surface area contributed by atoms with E-state index in [-0.39, 0.29) is 0 Å². The fourth-order valence-electron chi connectivity index (χ4n) is 1.39. The zero-order chi connectivity index (χ0) is 11.4. The van der Waals surface area contributed by atoms with Crippen LogP contribution in [0.4, 0.5) is 5.82 Å². The van der Waals surface area contributed by atoms with E-state index in [2.05, 4.69) is 31.7 Å². The molecule has 0 aliphatic rings. The maximum Gasteiger partial charge on any atom is 0.147 e. The van der Waals surface area contributed by atoms with Crippen molar-refractivity contribution < 1.29 is 0 Å². The van der Waals surface area contributed by atoms with Crippen molar-refractivity contribution in [3.8, 4) is 0 Å². The van der Waals surface area contributed by atoms with Gasteiger partial charge in [0.05, 0.1) is 18.1 Å². The van der Waals surface area contributed by atoms with Crippen molar-refractivity contribution in [1.82, 2.24) is 9.97 Å². The third kappa shape index (κ3) is 2.56. The molecule has 0 amide bonds. The molecule has 0 saturated heterocycles. The van der Waals surface area contributed by atoms with Crippen LogP contribution >= 0.6 is 11.3 Å². The second-order valence-corrected chi connectivity index (χ2v) is 4.34. The molecule has 0 fully saturated rings. The summed E-state index contributed by atoms with van der Waals surface area (Å²) in [6.07, 6.45) is 3.48. The minimum atomic E-state index is 0.432. The van der Waals surface area contributed by atoms with E-state index in [1.165, 1.54) is 5.56 Å². The van der Waals surface area contributed by atoms with Crippen molar-refractivity contribution in [2.75, 3.05) is 11.9 Å². The summed E-state index contributed by atoms with van der Waals surface area (Å²) in [7, 11) is 2.00. The van der Waals surface area contributed by atoms with E-state index in [0.717, 1.165) is 18.1 Å². The minimum absolute atomic E-state index is 0.432. The van der Waals surface area contributed by atoms with Crippen LogP contribution in [0.5, 0.6) is 0 Å². The summed E-state index contributed by atoms with van der Waals surface area (Å²) in [6, 6.07) is 2.11. The highest BCUT2D eigenvalue weighted by atomic mass is 32.1. The van der Waals surface area contributed by atoms with Gasteiger partial charge in [0, 0.05) is 20.1 Å². The maximum absolute atomic E-state index is 5.47. The van der Waals surface area contributed by atoms with Crippen LogP contribution in [-0.4, -0.2) is 17.0 Å². The Kier molecular flexibility index (Phi) is 3.48. The van der Waals surface area contributed by atoms with E-state index < -0.39 is 0 Å². The normalized spacial score (nSPS) is 10.4. The Balaban J connectivity index is 2.05. The Morgan fingerprint density at radius 1 is 1.38 bits per heavy atom. The summed E-state index contributed by atoms with van der Waals surface area (Å²) >= 11 is 1.70. The lowest BCUT2D eigenvalue weighted by Crippen LogP contribution is -2.17. The van der Waals surface area contributed by atoms with E-state index >= 15 is 0 Å². The summed E-state index contributed by atoms with van der Waals surface area (Å²) in [6.45, 7) is 1.28. The lowest BCUT2D eigenvalue weighted by molar-refractivity contribution is 0.876.